The number of anilines is 1. The van der Waals surface area contributed by atoms with Crippen molar-refractivity contribution in [3.63, 3.8) is 0 Å². The zero-order chi connectivity index (χ0) is 28.3. The Bertz CT molecular complexity index is 1760. The quantitative estimate of drug-likeness (QED) is 0.335. The summed E-state index contributed by atoms with van der Waals surface area (Å²) in [5, 5.41) is 15.6. The van der Waals surface area contributed by atoms with Crippen LogP contribution in [0.15, 0.2) is 71.6 Å². The summed E-state index contributed by atoms with van der Waals surface area (Å²) in [5.74, 6) is -3.34. The number of sulfone groups is 1. The van der Waals surface area contributed by atoms with E-state index in [0.717, 1.165) is 35.2 Å². The maximum Gasteiger partial charge on any atom is 0.358 e. The molecule has 0 fully saturated rings. The zero-order valence-electron chi connectivity index (χ0n) is 20.6. The predicted octanol–water partition coefficient (Wildman–Crippen LogP) is 4.52. The normalized spacial score (nSPS) is 11.1. The van der Waals surface area contributed by atoms with Crippen LogP contribution in [0.25, 0.3) is 16.8 Å². The summed E-state index contributed by atoms with van der Waals surface area (Å²) >= 11 is 0. The molecule has 4 aromatic rings. The van der Waals surface area contributed by atoms with Gasteiger partial charge in [0.15, 0.2) is 15.5 Å². The van der Waals surface area contributed by atoms with Crippen molar-refractivity contribution in [2.75, 3.05) is 18.2 Å². The highest BCUT2D eigenvalue weighted by molar-refractivity contribution is 7.90. The summed E-state index contributed by atoms with van der Waals surface area (Å²) < 4.78 is 59.2. The number of rotatable bonds is 7. The maximum absolute atomic E-state index is 15.1. The van der Waals surface area contributed by atoms with Gasteiger partial charge in [-0.3, -0.25) is 4.79 Å². The minimum atomic E-state index is -3.59. The number of nitrogens with zero attached hydrogens (tertiary/aromatic N) is 3. The van der Waals surface area contributed by atoms with Crippen LogP contribution in [0.3, 0.4) is 0 Å². The fraction of sp³-hybridized carbons (Fsp3) is 0.111. The van der Waals surface area contributed by atoms with Gasteiger partial charge in [0.1, 0.15) is 23.4 Å². The second-order valence-electron chi connectivity index (χ2n) is 8.24. The molecule has 3 aromatic carbocycles. The number of ether oxygens (including phenoxy) is 1. The lowest BCUT2D eigenvalue weighted by atomic mass is 10.0. The third-order valence-corrected chi connectivity index (χ3v) is 6.71. The van der Waals surface area contributed by atoms with E-state index in [2.05, 4.69) is 10.4 Å². The molecule has 0 unspecified atom stereocenters. The van der Waals surface area contributed by atoms with E-state index in [0.29, 0.717) is 5.56 Å². The summed E-state index contributed by atoms with van der Waals surface area (Å²) in [4.78, 5) is 25.5. The summed E-state index contributed by atoms with van der Waals surface area (Å²) in [6.45, 7) is 1.63. The van der Waals surface area contributed by atoms with Crippen molar-refractivity contribution < 1.29 is 31.5 Å². The van der Waals surface area contributed by atoms with E-state index in [1.165, 1.54) is 30.3 Å². The number of carbonyl (C=O) groups is 2. The number of amides is 1. The first kappa shape index (κ1) is 27.2. The summed E-state index contributed by atoms with van der Waals surface area (Å²) in [5.41, 5.74) is -0.347. The molecule has 1 aromatic heterocycles. The summed E-state index contributed by atoms with van der Waals surface area (Å²) in [7, 11) is -3.59. The molecule has 0 aliphatic heterocycles. The minimum absolute atomic E-state index is 0.0209. The molecule has 9 nitrogen and oxygen atoms in total. The van der Waals surface area contributed by atoms with E-state index in [1.807, 2.05) is 0 Å². The van der Waals surface area contributed by atoms with Crippen molar-refractivity contribution in [1.29, 1.82) is 5.26 Å². The number of esters is 1. The second kappa shape index (κ2) is 10.8. The first-order valence-electron chi connectivity index (χ1n) is 11.4. The molecule has 12 heteroatoms. The minimum Gasteiger partial charge on any atom is -0.461 e. The molecule has 0 spiro atoms. The molecule has 198 valence electrons. The van der Waals surface area contributed by atoms with Gasteiger partial charge < -0.3 is 10.1 Å². The molecule has 1 N–H and O–H groups in total. The molecule has 1 amide bonds. The van der Waals surface area contributed by atoms with Crippen LogP contribution in [-0.2, 0) is 14.6 Å². The number of aromatic nitrogens is 2. The van der Waals surface area contributed by atoms with E-state index >= 15 is 4.39 Å². The van der Waals surface area contributed by atoms with E-state index in [-0.39, 0.29) is 45.4 Å². The Balaban J connectivity index is 1.72. The molecule has 0 aliphatic rings. The van der Waals surface area contributed by atoms with Crippen LogP contribution >= 0.6 is 0 Å². The van der Waals surface area contributed by atoms with Crippen molar-refractivity contribution in [2.24, 2.45) is 0 Å². The molecule has 4 rings (SSSR count). The summed E-state index contributed by atoms with van der Waals surface area (Å²) in [6, 6.07) is 16.1. The van der Waals surface area contributed by atoms with Gasteiger partial charge in [-0.25, -0.2) is 26.7 Å². The Morgan fingerprint density at radius 1 is 1.05 bits per heavy atom. The Kier molecular flexibility index (Phi) is 7.55. The largest absolute Gasteiger partial charge is 0.461 e. The third kappa shape index (κ3) is 5.68. The molecule has 0 atom stereocenters. The first-order valence-corrected chi connectivity index (χ1v) is 13.3. The number of nitrogens with one attached hydrogen (secondary N) is 1. The van der Waals surface area contributed by atoms with Gasteiger partial charge in [0.2, 0.25) is 0 Å². The Morgan fingerprint density at radius 3 is 2.46 bits per heavy atom. The fourth-order valence-corrected chi connectivity index (χ4v) is 4.69. The van der Waals surface area contributed by atoms with Gasteiger partial charge in [-0.15, -0.1) is 0 Å². The van der Waals surface area contributed by atoms with Crippen LogP contribution in [0, 0.1) is 23.0 Å². The Hall–Kier alpha value is -4.89. The Morgan fingerprint density at radius 2 is 1.79 bits per heavy atom. The SMILES string of the molecule is CCOC(=O)c1cc(C(=O)Nc2ccc(-c3ccccc3S(C)(=O)=O)cc2F)n(-c2ccc(F)c(C#N)c2)n1. The molecule has 0 radical (unpaired) electrons. The topological polar surface area (TPSA) is 131 Å². The van der Waals surface area contributed by atoms with Crippen molar-refractivity contribution >= 4 is 27.4 Å². The molecular formula is C27H20F2N4O5S. The van der Waals surface area contributed by atoms with E-state index in [4.69, 9.17) is 4.74 Å². The average Bonchev–Trinajstić information content (AvgIpc) is 3.36. The number of benzene rings is 3. The fourth-order valence-electron chi connectivity index (χ4n) is 3.77. The van der Waals surface area contributed by atoms with Crippen LogP contribution < -0.4 is 5.32 Å². The highest BCUT2D eigenvalue weighted by Gasteiger charge is 2.23. The van der Waals surface area contributed by atoms with Crippen molar-refractivity contribution in [3.8, 4) is 22.9 Å². The van der Waals surface area contributed by atoms with Crippen LogP contribution in [-0.4, -0.2) is 42.9 Å². The van der Waals surface area contributed by atoms with Crippen molar-refractivity contribution in [1.82, 2.24) is 9.78 Å². The molecule has 0 saturated heterocycles. The van der Waals surface area contributed by atoms with Crippen molar-refractivity contribution in [2.45, 2.75) is 11.8 Å². The van der Waals surface area contributed by atoms with Crippen molar-refractivity contribution in [3.05, 3.63) is 95.3 Å². The van der Waals surface area contributed by atoms with Crippen LogP contribution in [0.1, 0.15) is 33.5 Å². The van der Waals surface area contributed by atoms with Crippen LogP contribution in [0.2, 0.25) is 0 Å². The van der Waals surface area contributed by atoms with Gasteiger partial charge >= 0.3 is 5.97 Å². The molecule has 1 heterocycles. The highest BCUT2D eigenvalue weighted by atomic mass is 32.2. The number of hydrogen-bond donors (Lipinski definition) is 1. The van der Waals surface area contributed by atoms with Gasteiger partial charge in [-0.1, -0.05) is 24.3 Å². The number of nitriles is 1. The standard InChI is InChI=1S/C27H20F2N4O5S/c1-3-38-27(35)23-14-24(33(32-23)18-9-10-20(28)17(12-18)15-30)26(34)31-22-11-8-16(13-21(22)29)19-6-4-5-7-25(19)39(2,36)37/h4-14H,3H2,1-2H3,(H,31,34). The van der Waals surface area contributed by atoms with Gasteiger partial charge in [-0.05, 0) is 48.9 Å². The van der Waals surface area contributed by atoms with Gasteiger partial charge in [0, 0.05) is 17.9 Å². The first-order chi connectivity index (χ1) is 18.5. The van der Waals surface area contributed by atoms with E-state index in [9.17, 15) is 27.7 Å². The predicted molar refractivity (Wildman–Crippen MR) is 137 cm³/mol. The van der Waals surface area contributed by atoms with Crippen LogP contribution in [0.4, 0.5) is 14.5 Å². The number of halogens is 2. The van der Waals surface area contributed by atoms with Gasteiger partial charge in [-0.2, -0.15) is 10.4 Å². The lowest BCUT2D eigenvalue weighted by Gasteiger charge is -2.12. The number of carbonyl (C=O) groups excluding carboxylic acids is 2. The average molecular weight is 551 g/mol. The Labute approximate surface area is 222 Å². The summed E-state index contributed by atoms with van der Waals surface area (Å²) in [6.07, 6.45) is 1.05. The monoisotopic (exact) mass is 550 g/mol. The van der Waals surface area contributed by atoms with Crippen LogP contribution in [0.5, 0.6) is 0 Å². The van der Waals surface area contributed by atoms with E-state index < -0.39 is 33.3 Å². The highest BCUT2D eigenvalue weighted by Crippen LogP contribution is 2.30. The lowest BCUT2D eigenvalue weighted by molar-refractivity contribution is 0.0519. The smallest absolute Gasteiger partial charge is 0.358 e. The molecule has 0 saturated carbocycles. The zero-order valence-corrected chi connectivity index (χ0v) is 21.4. The van der Waals surface area contributed by atoms with Gasteiger partial charge in [0.25, 0.3) is 5.91 Å². The number of hydrogen-bond acceptors (Lipinski definition) is 7. The van der Waals surface area contributed by atoms with Gasteiger partial charge in [0.05, 0.1) is 28.4 Å². The molecule has 0 bridgehead atoms. The van der Waals surface area contributed by atoms with E-state index in [1.54, 1.807) is 25.1 Å². The molecular weight excluding hydrogens is 530 g/mol. The molecule has 39 heavy (non-hydrogen) atoms. The second-order valence-corrected chi connectivity index (χ2v) is 10.2. The lowest BCUT2D eigenvalue weighted by Crippen LogP contribution is -2.18. The molecule has 0 aliphatic carbocycles. The third-order valence-electron chi connectivity index (χ3n) is 5.56. The maximum atomic E-state index is 15.1.